The van der Waals surface area contributed by atoms with Crippen LogP contribution in [-0.4, -0.2) is 25.6 Å². The van der Waals surface area contributed by atoms with Crippen LogP contribution in [0.1, 0.15) is 11.1 Å². The van der Waals surface area contributed by atoms with Crippen molar-refractivity contribution < 1.29 is 9.53 Å². The molecular weight excluding hydrogens is 276 g/mol. The first-order chi connectivity index (χ1) is 10.6. The molecule has 0 radical (unpaired) electrons. The molecule has 0 bridgehead atoms. The molecule has 2 N–H and O–H groups in total. The topological polar surface area (TPSA) is 55.6 Å². The van der Waals surface area contributed by atoms with Gasteiger partial charge in [-0.05, 0) is 35.7 Å². The molecule has 1 heterocycles. The third-order valence-electron chi connectivity index (χ3n) is 4.01. The standard InChI is InChI=1S/C18H20N2O2/c1-20(15-7-8-17-14(12-15)9-10-22-17)18(21)16(19)11-13-5-3-2-4-6-13/h2-8,12,16H,9-11,19H2,1H3/t16-/m0/s1. The highest BCUT2D eigenvalue weighted by Gasteiger charge is 2.21. The van der Waals surface area contributed by atoms with Crippen molar-refractivity contribution in [2.45, 2.75) is 18.9 Å². The van der Waals surface area contributed by atoms with Gasteiger partial charge in [-0.2, -0.15) is 0 Å². The second-order valence-corrected chi connectivity index (χ2v) is 5.58. The number of carbonyl (C=O) groups excluding carboxylic acids is 1. The fourth-order valence-corrected chi connectivity index (χ4v) is 2.71. The van der Waals surface area contributed by atoms with E-state index in [0.29, 0.717) is 13.0 Å². The molecule has 0 saturated heterocycles. The van der Waals surface area contributed by atoms with Crippen molar-refractivity contribution in [2.75, 3.05) is 18.6 Å². The SMILES string of the molecule is CN(C(=O)[C@@H](N)Cc1ccccc1)c1ccc2c(c1)CCO2. The van der Waals surface area contributed by atoms with Crippen molar-refractivity contribution in [1.82, 2.24) is 0 Å². The van der Waals surface area contributed by atoms with E-state index in [0.717, 1.165) is 29.0 Å². The lowest BCUT2D eigenvalue weighted by Gasteiger charge is -2.22. The van der Waals surface area contributed by atoms with Gasteiger partial charge < -0.3 is 15.4 Å². The molecule has 0 aliphatic carbocycles. The van der Waals surface area contributed by atoms with Crippen LogP contribution in [0.3, 0.4) is 0 Å². The molecule has 0 unspecified atom stereocenters. The van der Waals surface area contributed by atoms with Gasteiger partial charge in [0.15, 0.2) is 0 Å². The zero-order chi connectivity index (χ0) is 15.5. The Morgan fingerprint density at radius 2 is 2.05 bits per heavy atom. The van der Waals surface area contributed by atoms with Gasteiger partial charge in [0.25, 0.3) is 0 Å². The van der Waals surface area contributed by atoms with E-state index in [1.54, 1.807) is 11.9 Å². The highest BCUT2D eigenvalue weighted by atomic mass is 16.5. The van der Waals surface area contributed by atoms with Crippen molar-refractivity contribution in [3.63, 3.8) is 0 Å². The number of amides is 1. The third kappa shape index (κ3) is 2.97. The minimum absolute atomic E-state index is 0.0808. The number of nitrogens with two attached hydrogens (primary N) is 1. The second-order valence-electron chi connectivity index (χ2n) is 5.58. The zero-order valence-electron chi connectivity index (χ0n) is 12.7. The molecule has 1 amide bonds. The summed E-state index contributed by atoms with van der Waals surface area (Å²) in [5.74, 6) is 0.834. The van der Waals surface area contributed by atoms with E-state index in [4.69, 9.17) is 10.5 Å². The van der Waals surface area contributed by atoms with Crippen LogP contribution in [0.5, 0.6) is 5.75 Å². The van der Waals surface area contributed by atoms with Crippen molar-refractivity contribution in [1.29, 1.82) is 0 Å². The number of nitrogens with zero attached hydrogens (tertiary/aromatic N) is 1. The van der Waals surface area contributed by atoms with Crippen LogP contribution in [0.15, 0.2) is 48.5 Å². The van der Waals surface area contributed by atoms with Crippen LogP contribution in [-0.2, 0) is 17.6 Å². The summed E-state index contributed by atoms with van der Waals surface area (Å²) in [6, 6.07) is 15.1. The fourth-order valence-electron chi connectivity index (χ4n) is 2.71. The quantitative estimate of drug-likeness (QED) is 0.940. The minimum atomic E-state index is -0.545. The molecule has 2 aromatic carbocycles. The molecule has 114 valence electrons. The largest absolute Gasteiger partial charge is 0.493 e. The summed E-state index contributed by atoms with van der Waals surface area (Å²) in [4.78, 5) is 14.1. The smallest absolute Gasteiger partial charge is 0.243 e. The van der Waals surface area contributed by atoms with Crippen LogP contribution < -0.4 is 15.4 Å². The Morgan fingerprint density at radius 1 is 1.27 bits per heavy atom. The second kappa shape index (κ2) is 6.20. The summed E-state index contributed by atoms with van der Waals surface area (Å²) in [5, 5.41) is 0. The van der Waals surface area contributed by atoms with Gasteiger partial charge in [-0.15, -0.1) is 0 Å². The van der Waals surface area contributed by atoms with Crippen molar-refractivity contribution >= 4 is 11.6 Å². The predicted octanol–water partition coefficient (Wildman–Crippen LogP) is 2.15. The number of hydrogen-bond acceptors (Lipinski definition) is 3. The Balaban J connectivity index is 1.71. The number of rotatable bonds is 4. The minimum Gasteiger partial charge on any atom is -0.493 e. The summed E-state index contributed by atoms with van der Waals surface area (Å²) in [5.41, 5.74) is 9.16. The molecule has 2 aromatic rings. The van der Waals surface area contributed by atoms with E-state index in [1.807, 2.05) is 48.5 Å². The Kier molecular flexibility index (Phi) is 4.11. The monoisotopic (exact) mass is 296 g/mol. The fraction of sp³-hybridized carbons (Fsp3) is 0.278. The predicted molar refractivity (Wildman–Crippen MR) is 87.2 cm³/mol. The van der Waals surface area contributed by atoms with E-state index in [-0.39, 0.29) is 5.91 Å². The normalized spacial score (nSPS) is 14.1. The van der Waals surface area contributed by atoms with Gasteiger partial charge >= 0.3 is 0 Å². The van der Waals surface area contributed by atoms with E-state index < -0.39 is 6.04 Å². The Labute approximate surface area is 130 Å². The van der Waals surface area contributed by atoms with Gasteiger partial charge in [-0.25, -0.2) is 0 Å². The molecule has 0 aromatic heterocycles. The van der Waals surface area contributed by atoms with E-state index in [1.165, 1.54) is 0 Å². The van der Waals surface area contributed by atoms with Crippen molar-refractivity contribution in [3.8, 4) is 5.75 Å². The molecule has 0 fully saturated rings. The molecule has 3 rings (SSSR count). The molecule has 22 heavy (non-hydrogen) atoms. The van der Waals surface area contributed by atoms with Gasteiger partial charge in [0.1, 0.15) is 5.75 Å². The molecule has 0 saturated carbocycles. The number of benzene rings is 2. The Hall–Kier alpha value is -2.33. The van der Waals surface area contributed by atoms with E-state index in [9.17, 15) is 4.79 Å². The van der Waals surface area contributed by atoms with Crippen LogP contribution >= 0.6 is 0 Å². The highest BCUT2D eigenvalue weighted by molar-refractivity contribution is 5.96. The van der Waals surface area contributed by atoms with Crippen LogP contribution in [0.4, 0.5) is 5.69 Å². The van der Waals surface area contributed by atoms with Crippen molar-refractivity contribution in [3.05, 3.63) is 59.7 Å². The van der Waals surface area contributed by atoms with Gasteiger partial charge in [0, 0.05) is 19.2 Å². The Bertz CT molecular complexity index is 670. The lowest BCUT2D eigenvalue weighted by molar-refractivity contribution is -0.119. The summed E-state index contributed by atoms with van der Waals surface area (Å²) < 4.78 is 5.49. The molecule has 0 spiro atoms. The molecule has 4 heteroatoms. The molecule has 1 atom stereocenters. The maximum atomic E-state index is 12.5. The number of likely N-dealkylation sites (N-methyl/N-ethyl adjacent to an activating group) is 1. The lowest BCUT2D eigenvalue weighted by Crippen LogP contribution is -2.43. The molecule has 1 aliphatic heterocycles. The molecule has 4 nitrogen and oxygen atoms in total. The summed E-state index contributed by atoms with van der Waals surface area (Å²) in [7, 11) is 1.77. The number of hydrogen-bond donors (Lipinski definition) is 1. The molecular formula is C18H20N2O2. The average molecular weight is 296 g/mol. The average Bonchev–Trinajstić information content (AvgIpc) is 3.02. The van der Waals surface area contributed by atoms with Gasteiger partial charge in [-0.3, -0.25) is 4.79 Å². The third-order valence-corrected chi connectivity index (χ3v) is 4.01. The van der Waals surface area contributed by atoms with Crippen molar-refractivity contribution in [2.24, 2.45) is 5.73 Å². The first-order valence-corrected chi connectivity index (χ1v) is 7.48. The van der Waals surface area contributed by atoms with Crippen LogP contribution in [0.25, 0.3) is 0 Å². The maximum absolute atomic E-state index is 12.5. The van der Waals surface area contributed by atoms with Crippen LogP contribution in [0, 0.1) is 0 Å². The summed E-state index contributed by atoms with van der Waals surface area (Å²) >= 11 is 0. The number of carbonyl (C=O) groups is 1. The zero-order valence-corrected chi connectivity index (χ0v) is 12.7. The summed E-state index contributed by atoms with van der Waals surface area (Å²) in [6.45, 7) is 0.712. The van der Waals surface area contributed by atoms with Crippen LogP contribution in [0.2, 0.25) is 0 Å². The number of anilines is 1. The number of fused-ring (bicyclic) bond motifs is 1. The first kappa shape index (κ1) is 14.6. The maximum Gasteiger partial charge on any atom is 0.243 e. The first-order valence-electron chi connectivity index (χ1n) is 7.48. The van der Waals surface area contributed by atoms with E-state index >= 15 is 0 Å². The molecule has 1 aliphatic rings. The van der Waals surface area contributed by atoms with E-state index in [2.05, 4.69) is 0 Å². The highest BCUT2D eigenvalue weighted by Crippen LogP contribution is 2.29. The van der Waals surface area contributed by atoms with Gasteiger partial charge in [0.2, 0.25) is 5.91 Å². The Morgan fingerprint density at radius 3 is 2.82 bits per heavy atom. The summed E-state index contributed by atoms with van der Waals surface area (Å²) in [6.07, 6.45) is 1.43. The lowest BCUT2D eigenvalue weighted by atomic mass is 10.1. The van der Waals surface area contributed by atoms with Gasteiger partial charge in [0.05, 0.1) is 12.6 Å². The van der Waals surface area contributed by atoms with Gasteiger partial charge in [-0.1, -0.05) is 30.3 Å². The number of ether oxygens (including phenoxy) is 1.